The number of carbonyl (C=O) groups is 1. The summed E-state index contributed by atoms with van der Waals surface area (Å²) in [6.45, 7) is 8.31. The zero-order valence-corrected chi connectivity index (χ0v) is 11.1. The zero-order valence-electron chi connectivity index (χ0n) is 11.1. The average molecular weight is 250 g/mol. The molecule has 0 aromatic rings. The minimum Gasteiger partial charge on any atom is -0.329 e. The Labute approximate surface area is 109 Å². The van der Waals surface area contributed by atoms with Crippen LogP contribution < -0.4 is 5.32 Å². The molecule has 0 aliphatic carbocycles. The first kappa shape index (κ1) is 13.3. The summed E-state index contributed by atoms with van der Waals surface area (Å²) < 4.78 is 0. The van der Waals surface area contributed by atoms with Gasteiger partial charge in [0.05, 0.1) is 6.54 Å². The number of hydrogen-bond donors (Lipinski definition) is 1. The summed E-state index contributed by atoms with van der Waals surface area (Å²) >= 11 is 0. The van der Waals surface area contributed by atoms with Gasteiger partial charge in [0, 0.05) is 52.4 Å². The first-order valence-corrected chi connectivity index (χ1v) is 6.65. The van der Waals surface area contributed by atoms with E-state index in [1.165, 1.54) is 0 Å². The largest absolute Gasteiger partial charge is 0.329 e. The lowest BCUT2D eigenvalue weighted by Crippen LogP contribution is -2.46. The van der Waals surface area contributed by atoms with E-state index < -0.39 is 0 Å². The number of nitrogens with zero attached hydrogens (tertiary/aromatic N) is 3. The van der Waals surface area contributed by atoms with Crippen molar-refractivity contribution in [2.24, 2.45) is 0 Å². The van der Waals surface area contributed by atoms with E-state index in [1.807, 2.05) is 4.90 Å². The van der Waals surface area contributed by atoms with Gasteiger partial charge in [-0.25, -0.2) is 0 Å². The van der Waals surface area contributed by atoms with Gasteiger partial charge in [-0.2, -0.15) is 0 Å². The molecule has 2 aliphatic rings. The minimum absolute atomic E-state index is 0.0155. The number of piperazine rings is 2. The Bertz CT molecular complexity index is 333. The fourth-order valence-electron chi connectivity index (χ4n) is 2.18. The molecule has 2 fully saturated rings. The molecule has 0 saturated carbocycles. The molecule has 2 heterocycles. The molecule has 1 amide bonds. The Kier molecular flexibility index (Phi) is 5.00. The van der Waals surface area contributed by atoms with Gasteiger partial charge < -0.3 is 15.1 Å². The molecule has 1 N–H and O–H groups in total. The van der Waals surface area contributed by atoms with Crippen LogP contribution in [0.4, 0.5) is 0 Å². The Morgan fingerprint density at radius 3 is 2.44 bits per heavy atom. The Hall–Kier alpha value is -1.09. The highest BCUT2D eigenvalue weighted by atomic mass is 16.2. The quantitative estimate of drug-likeness (QED) is 0.585. The Morgan fingerprint density at radius 1 is 1.11 bits per heavy atom. The molecule has 0 spiro atoms. The Morgan fingerprint density at radius 2 is 1.78 bits per heavy atom. The SMILES string of the molecule is CN1CCN(C(=O)C#CCN2CCNCC2)CC1. The maximum Gasteiger partial charge on any atom is 0.298 e. The molecule has 2 saturated heterocycles. The standard InChI is InChI=1S/C13H22N4O/c1-15-9-11-17(12-10-15)13(18)3-2-6-16-7-4-14-5-8-16/h14H,4-12H2,1H3. The molecule has 2 aliphatic heterocycles. The van der Waals surface area contributed by atoms with Crippen LogP contribution in [0, 0.1) is 11.8 Å². The fraction of sp³-hybridized carbons (Fsp3) is 0.769. The van der Waals surface area contributed by atoms with Crippen molar-refractivity contribution in [1.29, 1.82) is 0 Å². The van der Waals surface area contributed by atoms with Crippen molar-refractivity contribution in [1.82, 2.24) is 20.0 Å². The lowest BCUT2D eigenvalue weighted by Gasteiger charge is -2.31. The van der Waals surface area contributed by atoms with Crippen molar-refractivity contribution in [3.05, 3.63) is 0 Å². The van der Waals surface area contributed by atoms with Gasteiger partial charge in [-0.05, 0) is 13.0 Å². The summed E-state index contributed by atoms with van der Waals surface area (Å²) in [6, 6.07) is 0. The highest BCUT2D eigenvalue weighted by molar-refractivity contribution is 5.93. The predicted octanol–water partition coefficient (Wildman–Crippen LogP) is -1.33. The molecule has 2 rings (SSSR count). The summed E-state index contributed by atoms with van der Waals surface area (Å²) in [7, 11) is 2.08. The third-order valence-corrected chi connectivity index (χ3v) is 3.50. The third-order valence-electron chi connectivity index (χ3n) is 3.50. The summed E-state index contributed by atoms with van der Waals surface area (Å²) in [5, 5.41) is 3.30. The molecule has 0 bridgehead atoms. The normalized spacial score (nSPS) is 22.4. The predicted molar refractivity (Wildman–Crippen MR) is 71.2 cm³/mol. The van der Waals surface area contributed by atoms with Crippen molar-refractivity contribution in [3.63, 3.8) is 0 Å². The third kappa shape index (κ3) is 3.98. The van der Waals surface area contributed by atoms with Crippen molar-refractivity contribution in [2.45, 2.75) is 0 Å². The van der Waals surface area contributed by atoms with Gasteiger partial charge in [-0.15, -0.1) is 0 Å². The van der Waals surface area contributed by atoms with Crippen LogP contribution in [0.1, 0.15) is 0 Å². The van der Waals surface area contributed by atoms with Crippen LogP contribution >= 0.6 is 0 Å². The monoisotopic (exact) mass is 250 g/mol. The molecular weight excluding hydrogens is 228 g/mol. The maximum atomic E-state index is 11.8. The molecule has 100 valence electrons. The molecular formula is C13H22N4O. The number of amides is 1. The summed E-state index contributed by atoms with van der Waals surface area (Å²) in [6.07, 6.45) is 0. The second kappa shape index (κ2) is 6.74. The highest BCUT2D eigenvalue weighted by Gasteiger charge is 2.17. The molecule has 0 unspecified atom stereocenters. The molecule has 0 aromatic carbocycles. The second-order valence-electron chi connectivity index (χ2n) is 4.92. The number of likely N-dealkylation sites (N-methyl/N-ethyl adjacent to an activating group) is 1. The fourth-order valence-corrected chi connectivity index (χ4v) is 2.18. The number of carbonyl (C=O) groups excluding carboxylic acids is 1. The van der Waals surface area contributed by atoms with Gasteiger partial charge in [-0.3, -0.25) is 9.69 Å². The minimum atomic E-state index is -0.0155. The van der Waals surface area contributed by atoms with Gasteiger partial charge in [0.25, 0.3) is 5.91 Å². The van der Waals surface area contributed by atoms with E-state index in [2.05, 4.69) is 34.0 Å². The van der Waals surface area contributed by atoms with Crippen LogP contribution in [0.15, 0.2) is 0 Å². The first-order chi connectivity index (χ1) is 8.75. The van der Waals surface area contributed by atoms with Crippen LogP contribution in [0.25, 0.3) is 0 Å². The molecule has 18 heavy (non-hydrogen) atoms. The van der Waals surface area contributed by atoms with Crippen molar-refractivity contribution < 1.29 is 4.79 Å². The highest BCUT2D eigenvalue weighted by Crippen LogP contribution is 1.98. The van der Waals surface area contributed by atoms with E-state index in [-0.39, 0.29) is 5.91 Å². The van der Waals surface area contributed by atoms with E-state index in [0.29, 0.717) is 6.54 Å². The summed E-state index contributed by atoms with van der Waals surface area (Å²) in [5.74, 6) is 5.76. The molecule has 5 nitrogen and oxygen atoms in total. The molecule has 5 heteroatoms. The zero-order chi connectivity index (χ0) is 12.8. The van der Waals surface area contributed by atoms with E-state index in [1.54, 1.807) is 0 Å². The van der Waals surface area contributed by atoms with Crippen LogP contribution in [0.5, 0.6) is 0 Å². The summed E-state index contributed by atoms with van der Waals surface area (Å²) in [4.78, 5) is 18.2. The van der Waals surface area contributed by atoms with Gasteiger partial charge in [0.1, 0.15) is 0 Å². The van der Waals surface area contributed by atoms with Crippen molar-refractivity contribution in [3.8, 4) is 11.8 Å². The van der Waals surface area contributed by atoms with Crippen molar-refractivity contribution >= 4 is 5.91 Å². The second-order valence-corrected chi connectivity index (χ2v) is 4.92. The number of nitrogens with one attached hydrogen (secondary N) is 1. The van der Waals surface area contributed by atoms with Crippen LogP contribution in [-0.4, -0.2) is 86.6 Å². The van der Waals surface area contributed by atoms with E-state index >= 15 is 0 Å². The summed E-state index contributed by atoms with van der Waals surface area (Å²) in [5.41, 5.74) is 0. The lowest BCUT2D eigenvalue weighted by molar-refractivity contribution is -0.126. The van der Waals surface area contributed by atoms with Crippen LogP contribution in [0.3, 0.4) is 0 Å². The van der Waals surface area contributed by atoms with Crippen molar-refractivity contribution in [2.75, 3.05) is 66.0 Å². The first-order valence-electron chi connectivity index (χ1n) is 6.65. The molecule has 0 aromatic heterocycles. The van der Waals surface area contributed by atoms with Gasteiger partial charge in [-0.1, -0.05) is 5.92 Å². The van der Waals surface area contributed by atoms with Gasteiger partial charge >= 0.3 is 0 Å². The topological polar surface area (TPSA) is 38.8 Å². The number of rotatable bonds is 1. The molecule has 0 atom stereocenters. The van der Waals surface area contributed by atoms with Gasteiger partial charge in [0.2, 0.25) is 0 Å². The van der Waals surface area contributed by atoms with E-state index in [9.17, 15) is 4.79 Å². The van der Waals surface area contributed by atoms with Gasteiger partial charge in [0.15, 0.2) is 0 Å². The van der Waals surface area contributed by atoms with Crippen LogP contribution in [-0.2, 0) is 4.79 Å². The smallest absolute Gasteiger partial charge is 0.298 e. The van der Waals surface area contributed by atoms with Crippen LogP contribution in [0.2, 0.25) is 0 Å². The van der Waals surface area contributed by atoms with E-state index in [0.717, 1.165) is 52.4 Å². The lowest BCUT2D eigenvalue weighted by atomic mass is 10.3. The average Bonchev–Trinajstić information content (AvgIpc) is 2.40. The van der Waals surface area contributed by atoms with E-state index in [4.69, 9.17) is 0 Å². The molecule has 0 radical (unpaired) electrons. The maximum absolute atomic E-state index is 11.8. The Balaban J connectivity index is 1.73. The number of hydrogen-bond acceptors (Lipinski definition) is 4.